The molecule has 1 rings (SSSR count). The van der Waals surface area contributed by atoms with Crippen LogP contribution in [0.5, 0.6) is 0 Å². The van der Waals surface area contributed by atoms with Gasteiger partial charge in [-0.2, -0.15) is 0 Å². The molecule has 0 aliphatic heterocycles. The lowest BCUT2D eigenvalue weighted by Gasteiger charge is -2.14. The molecular weight excluding hydrogens is 216 g/mol. The SMILES string of the molecule is CNc1nc(C(C)C)nc(NCCOC)c1C. The maximum atomic E-state index is 5.02. The van der Waals surface area contributed by atoms with E-state index in [0.717, 1.165) is 29.6 Å². The average Bonchev–Trinajstić information content (AvgIpc) is 2.31. The van der Waals surface area contributed by atoms with Crippen molar-refractivity contribution in [2.45, 2.75) is 26.7 Å². The van der Waals surface area contributed by atoms with Crippen LogP contribution in [0, 0.1) is 6.92 Å². The molecule has 17 heavy (non-hydrogen) atoms. The van der Waals surface area contributed by atoms with Crippen molar-refractivity contribution < 1.29 is 4.74 Å². The normalized spacial score (nSPS) is 10.7. The fourth-order valence-corrected chi connectivity index (χ4v) is 1.48. The highest BCUT2D eigenvalue weighted by molar-refractivity contribution is 5.57. The van der Waals surface area contributed by atoms with E-state index in [2.05, 4.69) is 34.4 Å². The van der Waals surface area contributed by atoms with Crippen LogP contribution in [-0.4, -0.2) is 37.3 Å². The first-order valence-electron chi connectivity index (χ1n) is 5.89. The van der Waals surface area contributed by atoms with Crippen LogP contribution in [0.4, 0.5) is 11.6 Å². The van der Waals surface area contributed by atoms with Gasteiger partial charge in [-0.1, -0.05) is 13.8 Å². The number of anilines is 2. The molecule has 0 aliphatic rings. The highest BCUT2D eigenvalue weighted by Gasteiger charge is 2.11. The number of nitrogens with zero attached hydrogens (tertiary/aromatic N) is 2. The third kappa shape index (κ3) is 3.56. The summed E-state index contributed by atoms with van der Waals surface area (Å²) in [7, 11) is 3.56. The van der Waals surface area contributed by atoms with Gasteiger partial charge in [0.25, 0.3) is 0 Å². The van der Waals surface area contributed by atoms with Gasteiger partial charge in [0.1, 0.15) is 17.5 Å². The van der Waals surface area contributed by atoms with Crippen molar-refractivity contribution in [2.24, 2.45) is 0 Å². The molecule has 5 heteroatoms. The number of methoxy groups -OCH3 is 1. The van der Waals surface area contributed by atoms with Crippen molar-refractivity contribution in [1.29, 1.82) is 0 Å². The van der Waals surface area contributed by atoms with Crippen molar-refractivity contribution in [1.82, 2.24) is 9.97 Å². The minimum Gasteiger partial charge on any atom is -0.383 e. The molecule has 0 aliphatic carbocycles. The standard InChI is InChI=1S/C12H22N4O/c1-8(2)10-15-11(13-4)9(3)12(16-10)14-6-7-17-5/h8H,6-7H2,1-5H3,(H2,13,14,15,16). The smallest absolute Gasteiger partial charge is 0.135 e. The summed E-state index contributed by atoms with van der Waals surface area (Å²) in [5.41, 5.74) is 1.04. The lowest BCUT2D eigenvalue weighted by Crippen LogP contribution is -2.13. The highest BCUT2D eigenvalue weighted by Crippen LogP contribution is 2.22. The molecule has 1 aromatic rings. The quantitative estimate of drug-likeness (QED) is 0.742. The average molecular weight is 238 g/mol. The van der Waals surface area contributed by atoms with Crippen LogP contribution in [-0.2, 0) is 4.74 Å². The van der Waals surface area contributed by atoms with E-state index in [1.807, 2.05) is 14.0 Å². The first-order valence-corrected chi connectivity index (χ1v) is 5.89. The first kappa shape index (κ1) is 13.7. The zero-order valence-electron chi connectivity index (χ0n) is 11.3. The fourth-order valence-electron chi connectivity index (χ4n) is 1.48. The molecule has 2 N–H and O–H groups in total. The predicted molar refractivity (Wildman–Crippen MR) is 70.8 cm³/mol. The Kier molecular flexibility index (Phi) is 5.15. The molecule has 0 fully saturated rings. The maximum absolute atomic E-state index is 5.02. The van der Waals surface area contributed by atoms with Crippen molar-refractivity contribution in [3.05, 3.63) is 11.4 Å². The van der Waals surface area contributed by atoms with Crippen molar-refractivity contribution in [2.75, 3.05) is 37.9 Å². The Hall–Kier alpha value is -1.36. The molecule has 0 radical (unpaired) electrons. The molecule has 0 saturated carbocycles. The summed E-state index contributed by atoms with van der Waals surface area (Å²) in [5.74, 6) is 2.92. The van der Waals surface area contributed by atoms with Gasteiger partial charge < -0.3 is 15.4 Å². The maximum Gasteiger partial charge on any atom is 0.135 e. The third-order valence-corrected chi connectivity index (χ3v) is 2.51. The second-order valence-electron chi connectivity index (χ2n) is 4.23. The Balaban J connectivity index is 2.96. The number of aromatic nitrogens is 2. The molecule has 5 nitrogen and oxygen atoms in total. The lowest BCUT2D eigenvalue weighted by atomic mass is 10.2. The largest absolute Gasteiger partial charge is 0.383 e. The minimum absolute atomic E-state index is 0.311. The van der Waals surface area contributed by atoms with Gasteiger partial charge in [0.15, 0.2) is 0 Å². The molecule has 0 saturated heterocycles. The molecule has 96 valence electrons. The molecule has 0 aromatic carbocycles. The van der Waals surface area contributed by atoms with E-state index in [-0.39, 0.29) is 0 Å². The summed E-state index contributed by atoms with van der Waals surface area (Å²) in [5, 5.41) is 6.37. The van der Waals surface area contributed by atoms with Crippen molar-refractivity contribution in [3.63, 3.8) is 0 Å². The molecule has 0 spiro atoms. The van der Waals surface area contributed by atoms with Crippen LogP contribution in [0.25, 0.3) is 0 Å². The second kappa shape index (κ2) is 6.39. The Labute approximate surface area is 103 Å². The van der Waals surface area contributed by atoms with Gasteiger partial charge in [-0.25, -0.2) is 9.97 Å². The third-order valence-electron chi connectivity index (χ3n) is 2.51. The number of hydrogen-bond donors (Lipinski definition) is 2. The second-order valence-corrected chi connectivity index (χ2v) is 4.23. The van der Waals surface area contributed by atoms with E-state index >= 15 is 0 Å². The fraction of sp³-hybridized carbons (Fsp3) is 0.667. The van der Waals surface area contributed by atoms with Gasteiger partial charge >= 0.3 is 0 Å². The summed E-state index contributed by atoms with van der Waals surface area (Å²) < 4.78 is 5.02. The lowest BCUT2D eigenvalue weighted by molar-refractivity contribution is 0.210. The highest BCUT2D eigenvalue weighted by atomic mass is 16.5. The Morgan fingerprint density at radius 1 is 1.24 bits per heavy atom. The monoisotopic (exact) mass is 238 g/mol. The number of ether oxygens (including phenoxy) is 1. The van der Waals surface area contributed by atoms with Crippen LogP contribution in [0.3, 0.4) is 0 Å². The van der Waals surface area contributed by atoms with Gasteiger partial charge in [0.2, 0.25) is 0 Å². The van der Waals surface area contributed by atoms with Crippen LogP contribution in [0.2, 0.25) is 0 Å². The summed E-state index contributed by atoms with van der Waals surface area (Å²) in [6, 6.07) is 0. The van der Waals surface area contributed by atoms with E-state index in [0.29, 0.717) is 12.5 Å². The Bertz CT molecular complexity index is 366. The summed E-state index contributed by atoms with van der Waals surface area (Å²) >= 11 is 0. The van der Waals surface area contributed by atoms with Crippen LogP contribution in [0.15, 0.2) is 0 Å². The van der Waals surface area contributed by atoms with E-state index < -0.39 is 0 Å². The Morgan fingerprint density at radius 3 is 2.41 bits per heavy atom. The summed E-state index contributed by atoms with van der Waals surface area (Å²) in [6.45, 7) is 7.58. The van der Waals surface area contributed by atoms with Gasteiger partial charge in [-0.3, -0.25) is 0 Å². The minimum atomic E-state index is 0.311. The summed E-state index contributed by atoms with van der Waals surface area (Å²) in [6.07, 6.45) is 0. The van der Waals surface area contributed by atoms with E-state index in [1.54, 1.807) is 7.11 Å². The molecule has 0 atom stereocenters. The molecule has 1 heterocycles. The molecule has 0 unspecified atom stereocenters. The predicted octanol–water partition coefficient (Wildman–Crippen LogP) is 2.01. The summed E-state index contributed by atoms with van der Waals surface area (Å²) in [4.78, 5) is 9.02. The number of nitrogens with one attached hydrogen (secondary N) is 2. The van der Waals surface area contributed by atoms with Crippen LogP contribution in [0.1, 0.15) is 31.2 Å². The molecule has 0 amide bonds. The zero-order chi connectivity index (χ0) is 12.8. The zero-order valence-corrected chi connectivity index (χ0v) is 11.3. The Morgan fingerprint density at radius 2 is 1.88 bits per heavy atom. The van der Waals surface area contributed by atoms with E-state index in [9.17, 15) is 0 Å². The van der Waals surface area contributed by atoms with Crippen molar-refractivity contribution in [3.8, 4) is 0 Å². The number of rotatable bonds is 6. The van der Waals surface area contributed by atoms with Gasteiger partial charge in [0, 0.05) is 32.2 Å². The van der Waals surface area contributed by atoms with Gasteiger partial charge in [0.05, 0.1) is 6.61 Å². The number of hydrogen-bond acceptors (Lipinski definition) is 5. The molecule has 1 aromatic heterocycles. The van der Waals surface area contributed by atoms with Gasteiger partial charge in [-0.05, 0) is 6.92 Å². The van der Waals surface area contributed by atoms with Crippen LogP contribution < -0.4 is 10.6 Å². The van der Waals surface area contributed by atoms with Gasteiger partial charge in [-0.15, -0.1) is 0 Å². The first-order chi connectivity index (χ1) is 8.10. The van der Waals surface area contributed by atoms with E-state index in [4.69, 9.17) is 4.74 Å². The van der Waals surface area contributed by atoms with E-state index in [1.165, 1.54) is 0 Å². The van der Waals surface area contributed by atoms with Crippen LogP contribution >= 0.6 is 0 Å². The molecule has 0 bridgehead atoms. The van der Waals surface area contributed by atoms with Crippen molar-refractivity contribution >= 4 is 11.6 Å². The molecular formula is C12H22N4O. The topological polar surface area (TPSA) is 59.1 Å².